The van der Waals surface area contributed by atoms with E-state index in [9.17, 15) is 18.5 Å². The summed E-state index contributed by atoms with van der Waals surface area (Å²) in [5.74, 6) is 0. The summed E-state index contributed by atoms with van der Waals surface area (Å²) in [5.41, 5.74) is 0.184. The Morgan fingerprint density at radius 1 is 1.25 bits per heavy atom. The highest BCUT2D eigenvalue weighted by atomic mass is 32.2. The molecule has 0 saturated carbocycles. The number of piperidine rings is 1. The molecular weight excluding hydrogens is 284 g/mol. The number of rotatable bonds is 4. The molecule has 0 spiro atoms. The van der Waals surface area contributed by atoms with E-state index >= 15 is 0 Å². The van der Waals surface area contributed by atoms with Crippen LogP contribution in [0.5, 0.6) is 0 Å². The van der Waals surface area contributed by atoms with E-state index in [2.05, 4.69) is 0 Å². The fraction of sp³-hybridized carbons (Fsp3) is 0.455. The Kier molecular flexibility index (Phi) is 4.21. The van der Waals surface area contributed by atoms with Gasteiger partial charge >= 0.3 is 0 Å². The van der Waals surface area contributed by atoms with E-state index in [1.807, 2.05) is 0 Å². The van der Waals surface area contributed by atoms with Crippen LogP contribution in [0.25, 0.3) is 0 Å². The van der Waals surface area contributed by atoms with Gasteiger partial charge in [0.25, 0.3) is 0 Å². The van der Waals surface area contributed by atoms with Gasteiger partial charge in [-0.3, -0.25) is 0 Å². The minimum Gasteiger partial charge on any atom is -0.233 e. The fourth-order valence-electron chi connectivity index (χ4n) is 2.21. The molecule has 2 N–H and O–H groups in total. The van der Waals surface area contributed by atoms with Crippen molar-refractivity contribution in [2.75, 3.05) is 18.2 Å². The van der Waals surface area contributed by atoms with Gasteiger partial charge in [-0.05, 0) is 36.2 Å². The quantitative estimate of drug-likeness (QED) is 0.648. The third-order valence-electron chi connectivity index (χ3n) is 3.13. The molecule has 8 nitrogen and oxygen atoms in total. The van der Waals surface area contributed by atoms with Crippen LogP contribution in [0, 0.1) is 10.1 Å². The number of nitro groups is 1. The molecule has 1 aromatic carbocycles. The second-order valence-corrected chi connectivity index (χ2v) is 6.15. The van der Waals surface area contributed by atoms with Gasteiger partial charge in [-0.15, -0.1) is 0 Å². The maximum Gasteiger partial charge on any atom is 0.238 e. The van der Waals surface area contributed by atoms with Gasteiger partial charge in [0.15, 0.2) is 5.03 Å². The van der Waals surface area contributed by atoms with Crippen molar-refractivity contribution in [2.24, 2.45) is 5.14 Å². The van der Waals surface area contributed by atoms with Crippen molar-refractivity contribution in [3.63, 3.8) is 0 Å². The van der Waals surface area contributed by atoms with Crippen LogP contribution in [0.15, 0.2) is 29.2 Å². The topological polar surface area (TPSA) is 110 Å². The van der Waals surface area contributed by atoms with Crippen LogP contribution >= 0.6 is 0 Å². The van der Waals surface area contributed by atoms with Gasteiger partial charge in [-0.1, -0.05) is 12.5 Å². The van der Waals surface area contributed by atoms with Crippen molar-refractivity contribution in [1.82, 2.24) is 5.01 Å². The molecule has 1 saturated heterocycles. The van der Waals surface area contributed by atoms with E-state index in [0.717, 1.165) is 24.4 Å². The number of primary sulfonamides is 1. The number of hydrazine groups is 2. The van der Waals surface area contributed by atoms with Crippen molar-refractivity contribution in [3.8, 4) is 0 Å². The van der Waals surface area contributed by atoms with E-state index in [-0.39, 0.29) is 10.6 Å². The zero-order valence-corrected chi connectivity index (χ0v) is 11.6. The molecule has 0 aliphatic carbocycles. The number of hydrogen-bond acceptors (Lipinski definition) is 5. The Hall–Kier alpha value is -1.71. The summed E-state index contributed by atoms with van der Waals surface area (Å²) in [4.78, 5) is 11.1. The second kappa shape index (κ2) is 5.73. The van der Waals surface area contributed by atoms with Crippen LogP contribution in [0.2, 0.25) is 0 Å². The van der Waals surface area contributed by atoms with E-state index < -0.39 is 15.1 Å². The molecule has 0 bridgehead atoms. The van der Waals surface area contributed by atoms with E-state index in [4.69, 9.17) is 5.14 Å². The molecule has 20 heavy (non-hydrogen) atoms. The van der Waals surface area contributed by atoms with Crippen LogP contribution in [-0.4, -0.2) is 31.5 Å². The molecule has 1 aliphatic rings. The first-order valence-corrected chi connectivity index (χ1v) is 7.76. The molecule has 0 unspecified atom stereocenters. The van der Waals surface area contributed by atoms with Gasteiger partial charge in [0.05, 0.1) is 4.90 Å². The molecule has 0 aromatic heterocycles. The van der Waals surface area contributed by atoms with Crippen molar-refractivity contribution in [3.05, 3.63) is 34.4 Å². The van der Waals surface area contributed by atoms with Crippen LogP contribution in [0.4, 0.5) is 5.69 Å². The summed E-state index contributed by atoms with van der Waals surface area (Å²) in [7, 11) is -3.88. The Morgan fingerprint density at radius 3 is 2.45 bits per heavy atom. The Balaban J connectivity index is 2.37. The first kappa shape index (κ1) is 14.7. The molecule has 1 fully saturated rings. The lowest BCUT2D eigenvalue weighted by molar-refractivity contribution is -0.524. The average Bonchev–Trinajstić information content (AvgIpc) is 2.39. The highest BCUT2D eigenvalue weighted by molar-refractivity contribution is 7.89. The smallest absolute Gasteiger partial charge is 0.233 e. The van der Waals surface area contributed by atoms with Crippen molar-refractivity contribution in [2.45, 2.75) is 24.2 Å². The lowest BCUT2D eigenvalue weighted by Crippen LogP contribution is -2.49. The molecule has 2 rings (SSSR count). The van der Waals surface area contributed by atoms with Gasteiger partial charge < -0.3 is 0 Å². The molecule has 0 radical (unpaired) electrons. The number of anilines is 1. The Bertz CT molecular complexity index is 598. The number of benzene rings is 1. The molecular formula is C11H16N4O4S. The van der Waals surface area contributed by atoms with Crippen LogP contribution in [-0.2, 0) is 10.0 Å². The molecule has 110 valence electrons. The molecule has 1 aliphatic heterocycles. The second-order valence-electron chi connectivity index (χ2n) is 4.58. The number of nitrogens with zero attached hydrogens (tertiary/aromatic N) is 3. The lowest BCUT2D eigenvalue weighted by atomic mass is 10.2. The maximum atomic E-state index is 11.3. The summed E-state index contributed by atoms with van der Waals surface area (Å²) >= 11 is 0. The summed E-state index contributed by atoms with van der Waals surface area (Å²) in [6, 6.07) is 5.46. The van der Waals surface area contributed by atoms with Gasteiger partial charge in [-0.25, -0.2) is 23.7 Å². The van der Waals surface area contributed by atoms with Gasteiger partial charge in [0.1, 0.15) is 5.69 Å². The van der Waals surface area contributed by atoms with Crippen molar-refractivity contribution < 1.29 is 13.5 Å². The monoisotopic (exact) mass is 300 g/mol. The zero-order valence-electron chi connectivity index (χ0n) is 10.8. The molecule has 1 heterocycles. The minimum absolute atomic E-state index is 0.140. The van der Waals surface area contributed by atoms with Gasteiger partial charge in [-0.2, -0.15) is 5.01 Å². The van der Waals surface area contributed by atoms with Gasteiger partial charge in [0, 0.05) is 13.1 Å². The predicted molar refractivity (Wildman–Crippen MR) is 72.7 cm³/mol. The van der Waals surface area contributed by atoms with E-state index in [0.29, 0.717) is 13.1 Å². The zero-order chi connectivity index (χ0) is 14.8. The molecule has 1 aromatic rings. The van der Waals surface area contributed by atoms with Crippen molar-refractivity contribution in [1.29, 1.82) is 0 Å². The Labute approximate surface area is 116 Å². The highest BCUT2D eigenvalue weighted by Crippen LogP contribution is 2.22. The largest absolute Gasteiger partial charge is 0.238 e. The lowest BCUT2D eigenvalue weighted by Gasteiger charge is -2.30. The summed E-state index contributed by atoms with van der Waals surface area (Å²) in [6.45, 7) is 1.14. The highest BCUT2D eigenvalue weighted by Gasteiger charge is 2.28. The number of nitrogens with two attached hydrogens (primary N) is 1. The molecule has 9 heteroatoms. The van der Waals surface area contributed by atoms with E-state index in [1.54, 1.807) is 5.01 Å². The van der Waals surface area contributed by atoms with Crippen LogP contribution in [0.3, 0.4) is 0 Å². The van der Waals surface area contributed by atoms with Crippen LogP contribution < -0.4 is 10.3 Å². The first-order valence-electron chi connectivity index (χ1n) is 6.22. The third kappa shape index (κ3) is 3.24. The minimum atomic E-state index is -3.88. The summed E-state index contributed by atoms with van der Waals surface area (Å²) in [6.07, 6.45) is 2.79. The summed E-state index contributed by atoms with van der Waals surface area (Å²) in [5, 5.41) is 18.3. The standard InChI is InChI=1S/C11H16N4O4S/c12-20(18,19)11-6-4-5-10(9-11)14(15(16)17)13-7-2-1-3-8-13/h4-6,9H,1-3,7-8H2,(H2,12,18,19). The maximum absolute atomic E-state index is 11.3. The van der Waals surface area contributed by atoms with E-state index in [1.165, 1.54) is 24.3 Å². The van der Waals surface area contributed by atoms with Crippen molar-refractivity contribution >= 4 is 15.7 Å². The fourth-order valence-corrected chi connectivity index (χ4v) is 2.77. The predicted octanol–water partition coefficient (Wildman–Crippen LogP) is 0.733. The molecule has 0 atom stereocenters. The Morgan fingerprint density at radius 2 is 1.90 bits per heavy atom. The van der Waals surface area contributed by atoms with Gasteiger partial charge in [0.2, 0.25) is 10.0 Å². The number of hydrogen-bond donors (Lipinski definition) is 1. The third-order valence-corrected chi connectivity index (χ3v) is 4.04. The summed E-state index contributed by atoms with van der Waals surface area (Å²) < 4.78 is 22.7. The molecule has 0 amide bonds. The normalized spacial score (nSPS) is 16.9. The van der Waals surface area contributed by atoms with Crippen LogP contribution in [0.1, 0.15) is 19.3 Å². The average molecular weight is 300 g/mol. The SMILES string of the molecule is NS(=O)(=O)c1cccc(N(N2CCCCC2)[N+](=O)[O-])c1. The number of sulfonamides is 1. The first-order chi connectivity index (χ1) is 9.39.